The molecular weight excluding hydrogens is 234 g/mol. The summed E-state index contributed by atoms with van der Waals surface area (Å²) in [6.45, 7) is 19.9. The lowest BCUT2D eigenvalue weighted by Gasteiger charge is -2.32. The average Bonchev–Trinajstić information content (AvgIpc) is 2.73. The van der Waals surface area contributed by atoms with Gasteiger partial charge in [-0.2, -0.15) is 0 Å². The maximum atomic E-state index is 3.57. The molecule has 19 heavy (non-hydrogen) atoms. The van der Waals surface area contributed by atoms with Crippen LogP contribution in [0, 0.1) is 5.92 Å². The summed E-state index contributed by atoms with van der Waals surface area (Å²) < 4.78 is 0. The van der Waals surface area contributed by atoms with E-state index in [1.807, 2.05) is 0 Å². The smallest absolute Gasteiger partial charge is 0.0115 e. The van der Waals surface area contributed by atoms with Crippen molar-refractivity contribution >= 4 is 0 Å². The molecule has 1 atom stereocenters. The van der Waals surface area contributed by atoms with Crippen molar-refractivity contribution in [3.63, 3.8) is 0 Å². The summed E-state index contributed by atoms with van der Waals surface area (Å²) in [5.74, 6) is 0.856. The highest BCUT2D eigenvalue weighted by Crippen LogP contribution is 2.16. The quantitative estimate of drug-likeness (QED) is 0.730. The van der Waals surface area contributed by atoms with Crippen LogP contribution in [0.25, 0.3) is 0 Å². The van der Waals surface area contributed by atoms with Crippen molar-refractivity contribution in [3.8, 4) is 0 Å². The molecule has 0 aliphatic carbocycles. The van der Waals surface area contributed by atoms with Crippen LogP contribution in [0.2, 0.25) is 0 Å². The lowest BCUT2D eigenvalue weighted by atomic mass is 10.1. The van der Waals surface area contributed by atoms with Crippen molar-refractivity contribution in [2.75, 3.05) is 32.7 Å². The van der Waals surface area contributed by atoms with Gasteiger partial charge in [-0.15, -0.1) is 0 Å². The van der Waals surface area contributed by atoms with Gasteiger partial charge in [0.15, 0.2) is 0 Å². The fourth-order valence-electron chi connectivity index (χ4n) is 3.05. The van der Waals surface area contributed by atoms with E-state index in [-0.39, 0.29) is 0 Å². The van der Waals surface area contributed by atoms with Gasteiger partial charge >= 0.3 is 0 Å². The van der Waals surface area contributed by atoms with Crippen LogP contribution in [-0.2, 0) is 0 Å². The van der Waals surface area contributed by atoms with E-state index in [2.05, 4.69) is 56.7 Å². The molecule has 0 radical (unpaired) electrons. The third kappa shape index (κ3) is 6.24. The van der Waals surface area contributed by atoms with Crippen LogP contribution < -0.4 is 5.32 Å². The Hall–Kier alpha value is -0.120. The Bertz CT molecular complexity index is 230. The van der Waals surface area contributed by atoms with E-state index in [0.717, 1.165) is 5.92 Å². The number of rotatable bonds is 8. The molecule has 1 aliphatic rings. The van der Waals surface area contributed by atoms with E-state index in [0.29, 0.717) is 18.1 Å². The highest BCUT2D eigenvalue weighted by atomic mass is 15.2. The van der Waals surface area contributed by atoms with Crippen LogP contribution in [0.5, 0.6) is 0 Å². The molecule has 114 valence electrons. The normalized spacial score (nSPS) is 21.5. The van der Waals surface area contributed by atoms with E-state index in [9.17, 15) is 0 Å². The Labute approximate surface area is 120 Å². The molecule has 1 fully saturated rings. The minimum atomic E-state index is 0.617. The lowest BCUT2D eigenvalue weighted by molar-refractivity contribution is 0.151. The monoisotopic (exact) mass is 269 g/mol. The molecule has 3 nitrogen and oxygen atoms in total. The SMILES string of the molecule is CC(C)NCC1CCN(CCN(C(C)C)C(C)C)C1. The molecule has 0 spiro atoms. The number of nitrogens with one attached hydrogen (secondary N) is 1. The standard InChI is InChI=1S/C16H35N3/c1-13(2)17-11-16-7-8-18(12-16)9-10-19(14(3)4)15(5)6/h13-17H,7-12H2,1-6H3. The number of nitrogens with zero attached hydrogens (tertiary/aromatic N) is 2. The molecule has 0 amide bonds. The molecule has 0 saturated carbocycles. The van der Waals surface area contributed by atoms with Crippen molar-refractivity contribution in [3.05, 3.63) is 0 Å². The molecular formula is C16H35N3. The van der Waals surface area contributed by atoms with E-state index < -0.39 is 0 Å². The predicted molar refractivity (Wildman–Crippen MR) is 84.7 cm³/mol. The van der Waals surface area contributed by atoms with E-state index in [1.54, 1.807) is 0 Å². The molecule has 0 aromatic rings. The van der Waals surface area contributed by atoms with Crippen LogP contribution in [0.3, 0.4) is 0 Å². The second-order valence-corrected chi connectivity index (χ2v) is 6.94. The Morgan fingerprint density at radius 2 is 1.74 bits per heavy atom. The van der Waals surface area contributed by atoms with Crippen molar-refractivity contribution in [2.45, 2.75) is 66.1 Å². The van der Waals surface area contributed by atoms with Crippen molar-refractivity contribution in [2.24, 2.45) is 5.92 Å². The zero-order chi connectivity index (χ0) is 14.4. The van der Waals surface area contributed by atoms with Gasteiger partial charge < -0.3 is 10.2 Å². The summed E-state index contributed by atoms with van der Waals surface area (Å²) >= 11 is 0. The zero-order valence-corrected chi connectivity index (χ0v) is 13.9. The molecule has 1 rings (SSSR count). The predicted octanol–water partition coefficient (Wildman–Crippen LogP) is 2.43. The molecule has 0 bridgehead atoms. The molecule has 1 N–H and O–H groups in total. The third-order valence-corrected chi connectivity index (χ3v) is 4.19. The molecule has 3 heteroatoms. The first-order valence-corrected chi connectivity index (χ1v) is 8.11. The molecule has 0 aromatic carbocycles. The van der Waals surface area contributed by atoms with Gasteiger partial charge in [-0.3, -0.25) is 4.90 Å². The molecule has 1 aliphatic heterocycles. The first-order valence-electron chi connectivity index (χ1n) is 8.11. The summed E-state index contributed by atoms with van der Waals surface area (Å²) in [6, 6.07) is 1.92. The molecule has 1 saturated heterocycles. The largest absolute Gasteiger partial charge is 0.314 e. The second-order valence-electron chi connectivity index (χ2n) is 6.94. The van der Waals surface area contributed by atoms with E-state index >= 15 is 0 Å². The highest BCUT2D eigenvalue weighted by Gasteiger charge is 2.23. The summed E-state index contributed by atoms with van der Waals surface area (Å²) in [4.78, 5) is 5.24. The third-order valence-electron chi connectivity index (χ3n) is 4.19. The fourth-order valence-corrected chi connectivity index (χ4v) is 3.05. The molecule has 1 unspecified atom stereocenters. The van der Waals surface area contributed by atoms with Crippen LogP contribution in [0.15, 0.2) is 0 Å². The highest BCUT2D eigenvalue weighted by molar-refractivity contribution is 4.79. The van der Waals surface area contributed by atoms with E-state index in [4.69, 9.17) is 0 Å². The summed E-state index contributed by atoms with van der Waals surface area (Å²) in [5, 5.41) is 3.57. The summed E-state index contributed by atoms with van der Waals surface area (Å²) in [7, 11) is 0. The molecule has 0 aromatic heterocycles. The average molecular weight is 269 g/mol. The van der Waals surface area contributed by atoms with Gasteiger partial charge in [-0.1, -0.05) is 13.8 Å². The first-order chi connectivity index (χ1) is 8.90. The lowest BCUT2D eigenvalue weighted by Crippen LogP contribution is -2.42. The van der Waals surface area contributed by atoms with Crippen molar-refractivity contribution in [1.29, 1.82) is 0 Å². The topological polar surface area (TPSA) is 18.5 Å². The van der Waals surface area contributed by atoms with Crippen LogP contribution in [0.1, 0.15) is 48.0 Å². The number of hydrogen-bond acceptors (Lipinski definition) is 3. The zero-order valence-electron chi connectivity index (χ0n) is 13.9. The van der Waals surface area contributed by atoms with Crippen LogP contribution in [-0.4, -0.2) is 60.6 Å². The van der Waals surface area contributed by atoms with Crippen molar-refractivity contribution < 1.29 is 0 Å². The van der Waals surface area contributed by atoms with Gasteiger partial charge in [0.05, 0.1) is 0 Å². The van der Waals surface area contributed by atoms with Gasteiger partial charge in [-0.05, 0) is 53.1 Å². The number of hydrogen-bond donors (Lipinski definition) is 1. The number of likely N-dealkylation sites (tertiary alicyclic amines) is 1. The Balaban J connectivity index is 2.24. The van der Waals surface area contributed by atoms with Crippen molar-refractivity contribution in [1.82, 2.24) is 15.1 Å². The summed E-state index contributed by atoms with van der Waals surface area (Å²) in [6.07, 6.45) is 1.36. The van der Waals surface area contributed by atoms with Gasteiger partial charge in [-0.25, -0.2) is 0 Å². The second kappa shape index (κ2) is 8.23. The first kappa shape index (κ1) is 16.9. The Kier molecular flexibility index (Phi) is 7.33. The fraction of sp³-hybridized carbons (Fsp3) is 1.00. The van der Waals surface area contributed by atoms with Gasteiger partial charge in [0.2, 0.25) is 0 Å². The van der Waals surface area contributed by atoms with Crippen LogP contribution in [0.4, 0.5) is 0 Å². The van der Waals surface area contributed by atoms with Gasteiger partial charge in [0, 0.05) is 37.8 Å². The Morgan fingerprint density at radius 3 is 2.26 bits per heavy atom. The van der Waals surface area contributed by atoms with Gasteiger partial charge in [0.1, 0.15) is 0 Å². The maximum Gasteiger partial charge on any atom is 0.0115 e. The maximum absolute atomic E-state index is 3.57. The van der Waals surface area contributed by atoms with Crippen LogP contribution >= 0.6 is 0 Å². The summed E-state index contributed by atoms with van der Waals surface area (Å²) in [5.41, 5.74) is 0. The Morgan fingerprint density at radius 1 is 1.11 bits per heavy atom. The van der Waals surface area contributed by atoms with Gasteiger partial charge in [0.25, 0.3) is 0 Å². The van der Waals surface area contributed by atoms with E-state index in [1.165, 1.54) is 39.1 Å². The minimum Gasteiger partial charge on any atom is -0.314 e. The molecule has 1 heterocycles. The minimum absolute atomic E-state index is 0.617.